The third kappa shape index (κ3) is 2.25. The zero-order valence-corrected chi connectivity index (χ0v) is 10.00. The van der Waals surface area contributed by atoms with Crippen LogP contribution in [0, 0.1) is 0 Å². The molecule has 0 bridgehead atoms. The molecule has 1 atom stereocenters. The third-order valence-electron chi connectivity index (χ3n) is 3.93. The lowest BCUT2D eigenvalue weighted by molar-refractivity contribution is 0.670. The van der Waals surface area contributed by atoms with Crippen LogP contribution in [0.4, 0.5) is 0 Å². The van der Waals surface area contributed by atoms with Crippen molar-refractivity contribution in [1.82, 2.24) is 0 Å². The van der Waals surface area contributed by atoms with E-state index >= 15 is 0 Å². The maximum Gasteiger partial charge on any atom is -0.0159 e. The van der Waals surface area contributed by atoms with E-state index in [4.69, 9.17) is 0 Å². The van der Waals surface area contributed by atoms with Crippen LogP contribution in [0.25, 0.3) is 0 Å². The van der Waals surface area contributed by atoms with Gasteiger partial charge in [-0.1, -0.05) is 51.0 Å². The molecule has 1 unspecified atom stereocenters. The zero-order chi connectivity index (χ0) is 10.7. The topological polar surface area (TPSA) is 0 Å². The van der Waals surface area contributed by atoms with E-state index < -0.39 is 0 Å². The van der Waals surface area contributed by atoms with Crippen LogP contribution in [0.2, 0.25) is 0 Å². The van der Waals surface area contributed by atoms with Gasteiger partial charge in [-0.3, -0.25) is 0 Å². The molecule has 0 radical (unpaired) electrons. The Labute approximate surface area is 93.7 Å². The first-order chi connectivity index (χ1) is 7.33. The predicted molar refractivity (Wildman–Crippen MR) is 66.4 cm³/mol. The van der Waals surface area contributed by atoms with Gasteiger partial charge in [-0.2, -0.15) is 0 Å². The summed E-state index contributed by atoms with van der Waals surface area (Å²) in [5, 5.41) is 0. The first-order valence-corrected chi connectivity index (χ1v) is 6.41. The molecule has 0 heterocycles. The molecule has 2 rings (SSSR count). The Morgan fingerprint density at radius 2 is 1.87 bits per heavy atom. The van der Waals surface area contributed by atoms with Gasteiger partial charge in [0, 0.05) is 0 Å². The summed E-state index contributed by atoms with van der Waals surface area (Å²) in [6.07, 6.45) is 6.93. The van der Waals surface area contributed by atoms with Gasteiger partial charge in [0.05, 0.1) is 0 Å². The fourth-order valence-corrected chi connectivity index (χ4v) is 2.79. The highest BCUT2D eigenvalue weighted by Gasteiger charge is 2.20. The predicted octanol–water partition coefficient (Wildman–Crippen LogP) is 4.86. The molecule has 1 fully saturated rings. The molecule has 1 saturated carbocycles. The Morgan fingerprint density at radius 3 is 2.53 bits per heavy atom. The van der Waals surface area contributed by atoms with Crippen LogP contribution < -0.4 is 0 Å². The average molecular weight is 202 g/mol. The van der Waals surface area contributed by atoms with Gasteiger partial charge in [0.15, 0.2) is 0 Å². The largest absolute Gasteiger partial charge is 0.0648 e. The zero-order valence-electron chi connectivity index (χ0n) is 10.00. The molecular weight excluding hydrogens is 180 g/mol. The van der Waals surface area contributed by atoms with E-state index in [0.29, 0.717) is 0 Å². The van der Waals surface area contributed by atoms with Crippen LogP contribution in [0.3, 0.4) is 0 Å². The Hall–Kier alpha value is -0.780. The minimum atomic E-state index is 0.724. The molecule has 0 nitrogen and oxygen atoms in total. The minimum Gasteiger partial charge on any atom is -0.0648 e. The second-order valence-corrected chi connectivity index (χ2v) is 4.92. The molecular formula is C15H22. The van der Waals surface area contributed by atoms with Gasteiger partial charge >= 0.3 is 0 Å². The van der Waals surface area contributed by atoms with Crippen LogP contribution in [-0.2, 0) is 0 Å². The Morgan fingerprint density at radius 1 is 1.20 bits per heavy atom. The monoisotopic (exact) mass is 202 g/mol. The van der Waals surface area contributed by atoms with Gasteiger partial charge in [0.1, 0.15) is 0 Å². The quantitative estimate of drug-likeness (QED) is 0.656. The highest BCUT2D eigenvalue weighted by Crippen LogP contribution is 2.38. The van der Waals surface area contributed by atoms with Crippen molar-refractivity contribution in [2.75, 3.05) is 0 Å². The first-order valence-electron chi connectivity index (χ1n) is 6.41. The van der Waals surface area contributed by atoms with E-state index in [-0.39, 0.29) is 0 Å². The van der Waals surface area contributed by atoms with Crippen molar-refractivity contribution in [3.05, 3.63) is 35.4 Å². The molecule has 15 heavy (non-hydrogen) atoms. The van der Waals surface area contributed by atoms with E-state index in [0.717, 1.165) is 11.8 Å². The van der Waals surface area contributed by atoms with Crippen molar-refractivity contribution >= 4 is 0 Å². The SMILES string of the molecule is CCC(C)c1ccccc1C1CCCC1. The molecule has 1 aliphatic carbocycles. The molecule has 1 aromatic rings. The average Bonchev–Trinajstić information content (AvgIpc) is 2.81. The second kappa shape index (κ2) is 4.83. The Balaban J connectivity index is 2.28. The maximum atomic E-state index is 2.36. The summed E-state index contributed by atoms with van der Waals surface area (Å²) in [7, 11) is 0. The van der Waals surface area contributed by atoms with Gasteiger partial charge < -0.3 is 0 Å². The molecule has 0 spiro atoms. The standard InChI is InChI=1S/C15H22/c1-3-12(2)14-10-6-7-11-15(14)13-8-4-5-9-13/h6-7,10-13H,3-5,8-9H2,1-2H3. The van der Waals surface area contributed by atoms with Crippen molar-refractivity contribution in [2.45, 2.75) is 57.8 Å². The van der Waals surface area contributed by atoms with Crippen LogP contribution >= 0.6 is 0 Å². The van der Waals surface area contributed by atoms with Crippen molar-refractivity contribution < 1.29 is 0 Å². The lowest BCUT2D eigenvalue weighted by atomic mass is 9.86. The summed E-state index contributed by atoms with van der Waals surface area (Å²) < 4.78 is 0. The Bertz CT molecular complexity index is 308. The van der Waals surface area contributed by atoms with Crippen LogP contribution in [0.1, 0.15) is 68.9 Å². The van der Waals surface area contributed by atoms with Gasteiger partial charge in [-0.15, -0.1) is 0 Å². The maximum absolute atomic E-state index is 2.36. The molecule has 0 saturated heterocycles. The smallest absolute Gasteiger partial charge is 0.0159 e. The number of benzene rings is 1. The lowest BCUT2D eigenvalue weighted by Crippen LogP contribution is -2.01. The van der Waals surface area contributed by atoms with E-state index in [2.05, 4.69) is 38.1 Å². The second-order valence-electron chi connectivity index (χ2n) is 4.92. The molecule has 1 aliphatic rings. The van der Waals surface area contributed by atoms with Gasteiger partial charge in [0.2, 0.25) is 0 Å². The molecule has 1 aromatic carbocycles. The summed E-state index contributed by atoms with van der Waals surface area (Å²) in [5.41, 5.74) is 3.25. The highest BCUT2D eigenvalue weighted by molar-refractivity contribution is 5.33. The normalized spacial score (nSPS) is 19.3. The third-order valence-corrected chi connectivity index (χ3v) is 3.93. The van der Waals surface area contributed by atoms with Crippen LogP contribution in [0.5, 0.6) is 0 Å². The van der Waals surface area contributed by atoms with Crippen LogP contribution in [-0.4, -0.2) is 0 Å². The van der Waals surface area contributed by atoms with E-state index in [1.165, 1.54) is 32.1 Å². The van der Waals surface area contributed by atoms with Crippen molar-refractivity contribution in [1.29, 1.82) is 0 Å². The highest BCUT2D eigenvalue weighted by atomic mass is 14.3. The van der Waals surface area contributed by atoms with Crippen molar-refractivity contribution in [2.24, 2.45) is 0 Å². The summed E-state index contributed by atoms with van der Waals surface area (Å²) in [6, 6.07) is 9.10. The van der Waals surface area contributed by atoms with Crippen molar-refractivity contribution in [3.8, 4) is 0 Å². The molecule has 0 heteroatoms. The molecule has 0 amide bonds. The van der Waals surface area contributed by atoms with Crippen LogP contribution in [0.15, 0.2) is 24.3 Å². The van der Waals surface area contributed by atoms with Gasteiger partial charge in [-0.25, -0.2) is 0 Å². The Kier molecular flexibility index (Phi) is 3.45. The van der Waals surface area contributed by atoms with Crippen molar-refractivity contribution in [3.63, 3.8) is 0 Å². The first kappa shape index (κ1) is 10.7. The molecule has 0 aromatic heterocycles. The fourth-order valence-electron chi connectivity index (χ4n) is 2.79. The summed E-state index contributed by atoms with van der Waals surface area (Å²) >= 11 is 0. The molecule has 82 valence electrons. The van der Waals surface area contributed by atoms with E-state index in [1.54, 1.807) is 11.1 Å². The summed E-state index contributed by atoms with van der Waals surface area (Å²) in [5.74, 6) is 1.58. The number of rotatable bonds is 3. The summed E-state index contributed by atoms with van der Waals surface area (Å²) in [6.45, 7) is 4.64. The molecule has 0 aliphatic heterocycles. The lowest BCUT2D eigenvalue weighted by Gasteiger charge is -2.19. The summed E-state index contributed by atoms with van der Waals surface area (Å²) in [4.78, 5) is 0. The number of hydrogen-bond acceptors (Lipinski definition) is 0. The fraction of sp³-hybridized carbons (Fsp3) is 0.600. The van der Waals surface area contributed by atoms with E-state index in [9.17, 15) is 0 Å². The van der Waals surface area contributed by atoms with Gasteiger partial charge in [0.25, 0.3) is 0 Å². The number of hydrogen-bond donors (Lipinski definition) is 0. The minimum absolute atomic E-state index is 0.724. The van der Waals surface area contributed by atoms with E-state index in [1.807, 2.05) is 0 Å². The molecule has 0 N–H and O–H groups in total. The van der Waals surface area contributed by atoms with Gasteiger partial charge in [-0.05, 0) is 42.2 Å².